The second kappa shape index (κ2) is 6.41. The average Bonchev–Trinajstić information content (AvgIpc) is 2.42. The lowest BCUT2D eigenvalue weighted by molar-refractivity contribution is -0.352. The zero-order valence-electron chi connectivity index (χ0n) is 10.8. The molecule has 0 spiro atoms. The Bertz CT molecular complexity index is 502. The molecule has 0 aromatic heterocycles. The van der Waals surface area contributed by atoms with E-state index in [0.717, 1.165) is 0 Å². The molecule has 0 aliphatic heterocycles. The summed E-state index contributed by atoms with van der Waals surface area (Å²) in [6.07, 6.45) is -6.43. The van der Waals surface area contributed by atoms with Crippen LogP contribution in [0.1, 0.15) is 0 Å². The zero-order valence-corrected chi connectivity index (χ0v) is 10.8. The van der Waals surface area contributed by atoms with Crippen LogP contribution in [-0.4, -0.2) is 37.1 Å². The third-order valence-corrected chi connectivity index (χ3v) is 2.44. The van der Waals surface area contributed by atoms with Crippen molar-refractivity contribution in [3.63, 3.8) is 0 Å². The van der Waals surface area contributed by atoms with E-state index in [0.29, 0.717) is 0 Å². The number of hydrogen-bond donors (Lipinski definition) is 1. The first-order valence-electron chi connectivity index (χ1n) is 5.74. The summed E-state index contributed by atoms with van der Waals surface area (Å²) in [5, 5.41) is 1.28. The molecule has 0 saturated heterocycles. The van der Waals surface area contributed by atoms with E-state index < -0.39 is 37.1 Å². The Labute approximate surface area is 120 Å². The van der Waals surface area contributed by atoms with E-state index in [9.17, 15) is 35.5 Å². The Hall–Kier alpha value is -2.00. The molecule has 1 rings (SSSR count). The van der Waals surface area contributed by atoms with Gasteiger partial charge in [0.2, 0.25) is 0 Å². The summed E-state index contributed by atoms with van der Waals surface area (Å²) in [5.74, 6) is -12.8. The first kappa shape index (κ1) is 18.1. The normalized spacial score (nSPS) is 12.9. The zero-order chi connectivity index (χ0) is 17.0. The van der Waals surface area contributed by atoms with Crippen molar-refractivity contribution in [2.45, 2.75) is 18.0 Å². The highest BCUT2D eigenvalue weighted by atomic mass is 19.4. The van der Waals surface area contributed by atoms with Gasteiger partial charge >= 0.3 is 18.0 Å². The minimum Gasteiger partial charge on any atom is -0.484 e. The van der Waals surface area contributed by atoms with Crippen LogP contribution in [0.2, 0.25) is 0 Å². The van der Waals surface area contributed by atoms with Gasteiger partial charge in [-0.1, -0.05) is 18.2 Å². The van der Waals surface area contributed by atoms with Gasteiger partial charge in [-0.05, 0) is 12.1 Å². The molecule has 0 bridgehead atoms. The second-order valence-corrected chi connectivity index (χ2v) is 4.16. The van der Waals surface area contributed by atoms with E-state index in [2.05, 4.69) is 0 Å². The van der Waals surface area contributed by atoms with Crippen LogP contribution in [-0.2, 0) is 4.79 Å². The lowest BCUT2D eigenvalue weighted by Gasteiger charge is -2.28. The van der Waals surface area contributed by atoms with Crippen molar-refractivity contribution in [2.24, 2.45) is 0 Å². The first-order valence-corrected chi connectivity index (χ1v) is 5.74. The summed E-state index contributed by atoms with van der Waals surface area (Å²) in [6.45, 7) is -2.98. The minimum absolute atomic E-state index is 0.199. The fraction of sp³-hybridized carbons (Fsp3) is 0.417. The molecule has 0 atom stereocenters. The number of para-hydroxylation sites is 1. The lowest BCUT2D eigenvalue weighted by atomic mass is 10.1. The van der Waals surface area contributed by atoms with Crippen LogP contribution in [0.5, 0.6) is 5.75 Å². The first-order chi connectivity index (χ1) is 9.97. The number of carbonyl (C=O) groups is 1. The smallest absolute Gasteiger partial charge is 0.459 e. The second-order valence-electron chi connectivity index (χ2n) is 4.16. The highest BCUT2D eigenvalue weighted by Gasteiger charge is 2.72. The quantitative estimate of drug-likeness (QED) is 0.813. The molecule has 0 heterocycles. The molecule has 0 aliphatic rings. The maximum absolute atomic E-state index is 12.9. The lowest BCUT2D eigenvalue weighted by Crippen LogP contribution is -2.57. The molecule has 0 unspecified atom stereocenters. The molecule has 124 valence electrons. The molecular weight excluding hydrogens is 323 g/mol. The predicted octanol–water partition coefficient (Wildman–Crippen LogP) is 3.01. The van der Waals surface area contributed by atoms with Crippen LogP contribution < -0.4 is 10.1 Å². The fourth-order valence-electron chi connectivity index (χ4n) is 1.24. The van der Waals surface area contributed by atoms with Crippen molar-refractivity contribution in [2.75, 3.05) is 13.2 Å². The van der Waals surface area contributed by atoms with Crippen LogP contribution in [0.25, 0.3) is 0 Å². The van der Waals surface area contributed by atoms with Crippen molar-refractivity contribution in [3.8, 4) is 5.75 Å². The molecule has 1 aromatic carbocycles. The summed E-state index contributed by atoms with van der Waals surface area (Å²) in [7, 11) is 0. The van der Waals surface area contributed by atoms with Gasteiger partial charge in [-0.2, -0.15) is 30.7 Å². The number of halogens is 7. The van der Waals surface area contributed by atoms with Gasteiger partial charge in [0.1, 0.15) is 5.75 Å². The number of alkyl halides is 7. The monoisotopic (exact) mass is 333 g/mol. The third-order valence-electron chi connectivity index (χ3n) is 2.44. The van der Waals surface area contributed by atoms with E-state index in [-0.39, 0.29) is 5.75 Å². The van der Waals surface area contributed by atoms with Crippen LogP contribution >= 0.6 is 0 Å². The van der Waals surface area contributed by atoms with Gasteiger partial charge in [0.05, 0.1) is 6.54 Å². The number of nitrogens with one attached hydrogen (secondary N) is 1. The van der Waals surface area contributed by atoms with Crippen molar-refractivity contribution in [1.82, 2.24) is 5.32 Å². The van der Waals surface area contributed by atoms with Gasteiger partial charge in [0.25, 0.3) is 5.91 Å². The standard InChI is InChI=1S/C12H10F7NO2/c13-10(14,11(15,16)12(17,18)19)7-20-9(21)6-22-8-4-2-1-3-5-8/h1-5H,6-7H2,(H,20,21). The molecule has 0 aliphatic carbocycles. The number of rotatable bonds is 6. The van der Waals surface area contributed by atoms with E-state index in [1.807, 2.05) is 0 Å². The van der Waals surface area contributed by atoms with Gasteiger partial charge in [0.15, 0.2) is 6.61 Å². The summed E-state index contributed by atoms with van der Waals surface area (Å²) in [5.41, 5.74) is 0. The molecule has 1 amide bonds. The summed E-state index contributed by atoms with van der Waals surface area (Å²) >= 11 is 0. The predicted molar refractivity (Wildman–Crippen MR) is 60.9 cm³/mol. The third kappa shape index (κ3) is 4.25. The fourth-order valence-corrected chi connectivity index (χ4v) is 1.24. The number of benzene rings is 1. The Kier molecular flexibility index (Phi) is 5.26. The Balaban J connectivity index is 2.52. The number of carbonyl (C=O) groups excluding carboxylic acids is 1. The molecule has 1 N–H and O–H groups in total. The van der Waals surface area contributed by atoms with Gasteiger partial charge in [-0.3, -0.25) is 4.79 Å². The SMILES string of the molecule is O=C(COc1ccccc1)NCC(F)(F)C(F)(F)C(F)(F)F. The van der Waals surface area contributed by atoms with Crippen molar-refractivity contribution < 1.29 is 40.3 Å². The van der Waals surface area contributed by atoms with Gasteiger partial charge < -0.3 is 10.1 Å². The number of amides is 1. The molecular formula is C12H10F7NO2. The van der Waals surface area contributed by atoms with Gasteiger partial charge in [-0.15, -0.1) is 0 Å². The van der Waals surface area contributed by atoms with Crippen molar-refractivity contribution >= 4 is 5.91 Å². The Morgan fingerprint density at radius 3 is 2.05 bits per heavy atom. The van der Waals surface area contributed by atoms with Crippen LogP contribution in [0, 0.1) is 0 Å². The summed E-state index contributed by atoms with van der Waals surface area (Å²) in [6, 6.07) is 7.59. The molecule has 1 aromatic rings. The summed E-state index contributed by atoms with van der Waals surface area (Å²) < 4.78 is 91.3. The molecule has 22 heavy (non-hydrogen) atoms. The Morgan fingerprint density at radius 2 is 1.55 bits per heavy atom. The van der Waals surface area contributed by atoms with E-state index in [1.165, 1.54) is 17.4 Å². The van der Waals surface area contributed by atoms with E-state index >= 15 is 0 Å². The van der Waals surface area contributed by atoms with E-state index in [4.69, 9.17) is 4.74 Å². The molecule has 0 fully saturated rings. The van der Waals surface area contributed by atoms with Gasteiger partial charge in [-0.25, -0.2) is 0 Å². The number of ether oxygens (including phenoxy) is 1. The minimum atomic E-state index is -6.43. The van der Waals surface area contributed by atoms with Gasteiger partial charge in [0, 0.05) is 0 Å². The molecule has 0 saturated carbocycles. The maximum atomic E-state index is 12.9. The highest BCUT2D eigenvalue weighted by molar-refractivity contribution is 5.77. The van der Waals surface area contributed by atoms with Crippen LogP contribution in [0.15, 0.2) is 30.3 Å². The van der Waals surface area contributed by atoms with Crippen LogP contribution in [0.4, 0.5) is 30.7 Å². The van der Waals surface area contributed by atoms with Crippen molar-refractivity contribution in [3.05, 3.63) is 30.3 Å². The van der Waals surface area contributed by atoms with E-state index in [1.54, 1.807) is 18.2 Å². The molecule has 10 heteroatoms. The molecule has 0 radical (unpaired) electrons. The Morgan fingerprint density at radius 1 is 1.00 bits per heavy atom. The topological polar surface area (TPSA) is 38.3 Å². The highest BCUT2D eigenvalue weighted by Crippen LogP contribution is 2.46. The van der Waals surface area contributed by atoms with Crippen LogP contribution in [0.3, 0.4) is 0 Å². The average molecular weight is 333 g/mol. The largest absolute Gasteiger partial charge is 0.484 e. The van der Waals surface area contributed by atoms with Crippen molar-refractivity contribution in [1.29, 1.82) is 0 Å². The summed E-state index contributed by atoms with van der Waals surface area (Å²) in [4.78, 5) is 11.1. The maximum Gasteiger partial charge on any atom is 0.459 e. The number of hydrogen-bond acceptors (Lipinski definition) is 2. The molecule has 3 nitrogen and oxygen atoms in total.